The van der Waals surface area contributed by atoms with Gasteiger partial charge in [0.2, 0.25) is 0 Å². The fourth-order valence-corrected chi connectivity index (χ4v) is 2.59. The van der Waals surface area contributed by atoms with Gasteiger partial charge in [-0.3, -0.25) is 0 Å². The van der Waals surface area contributed by atoms with Gasteiger partial charge in [0.05, 0.1) is 24.8 Å². The Morgan fingerprint density at radius 1 is 1.29 bits per heavy atom. The molecule has 118 valence electrons. The van der Waals surface area contributed by atoms with E-state index in [2.05, 4.69) is 19.2 Å². The first kappa shape index (κ1) is 16.4. The average molecular weight is 314 g/mol. The molecule has 0 fully saturated rings. The van der Waals surface area contributed by atoms with E-state index in [1.165, 1.54) is 0 Å². The van der Waals surface area contributed by atoms with Crippen LogP contribution in [0, 0.1) is 5.92 Å². The second kappa shape index (κ2) is 7.87. The standard InChI is InChI=1S/C16H24ClNO3/c1-11(2)14(10-19-3)18-9-12-7-13(17)16-15(8-12)20-5-4-6-21-16/h7-8,11,14,18H,4-6,9-10H2,1-3H3. The monoisotopic (exact) mass is 313 g/mol. The summed E-state index contributed by atoms with van der Waals surface area (Å²) >= 11 is 6.30. The van der Waals surface area contributed by atoms with Crippen LogP contribution in [-0.4, -0.2) is 33.0 Å². The number of benzene rings is 1. The fourth-order valence-electron chi connectivity index (χ4n) is 2.30. The zero-order chi connectivity index (χ0) is 15.2. The van der Waals surface area contributed by atoms with E-state index in [4.69, 9.17) is 25.8 Å². The van der Waals surface area contributed by atoms with Crippen LogP contribution in [-0.2, 0) is 11.3 Å². The Morgan fingerprint density at radius 3 is 2.76 bits per heavy atom. The normalized spacial score (nSPS) is 15.9. The highest BCUT2D eigenvalue weighted by Gasteiger charge is 2.17. The van der Waals surface area contributed by atoms with Crippen molar-refractivity contribution in [3.63, 3.8) is 0 Å². The Kier molecular flexibility index (Phi) is 6.15. The molecule has 0 amide bonds. The Balaban J connectivity index is 2.07. The molecule has 1 aliphatic rings. The zero-order valence-corrected chi connectivity index (χ0v) is 13.7. The van der Waals surface area contributed by atoms with Crippen molar-refractivity contribution < 1.29 is 14.2 Å². The maximum absolute atomic E-state index is 6.30. The second-order valence-corrected chi connectivity index (χ2v) is 6.05. The minimum Gasteiger partial charge on any atom is -0.489 e. The molecule has 1 aromatic carbocycles. The van der Waals surface area contributed by atoms with Gasteiger partial charge >= 0.3 is 0 Å². The first-order chi connectivity index (χ1) is 10.1. The van der Waals surface area contributed by atoms with E-state index in [1.807, 2.05) is 12.1 Å². The Morgan fingerprint density at radius 2 is 2.05 bits per heavy atom. The molecule has 1 heterocycles. The van der Waals surface area contributed by atoms with E-state index >= 15 is 0 Å². The number of methoxy groups -OCH3 is 1. The molecular weight excluding hydrogens is 290 g/mol. The van der Waals surface area contributed by atoms with Crippen molar-refractivity contribution >= 4 is 11.6 Å². The molecule has 0 radical (unpaired) electrons. The summed E-state index contributed by atoms with van der Waals surface area (Å²) < 4.78 is 16.6. The maximum atomic E-state index is 6.30. The molecule has 0 spiro atoms. The minimum absolute atomic E-state index is 0.310. The lowest BCUT2D eigenvalue weighted by atomic mass is 10.0. The zero-order valence-electron chi connectivity index (χ0n) is 12.9. The summed E-state index contributed by atoms with van der Waals surface area (Å²) in [4.78, 5) is 0. The van der Waals surface area contributed by atoms with Gasteiger partial charge in [-0.1, -0.05) is 25.4 Å². The van der Waals surface area contributed by atoms with Crippen LogP contribution in [0.5, 0.6) is 11.5 Å². The third-order valence-electron chi connectivity index (χ3n) is 3.58. The molecule has 2 rings (SSSR count). The summed E-state index contributed by atoms with van der Waals surface area (Å²) in [6.07, 6.45) is 0.877. The molecule has 21 heavy (non-hydrogen) atoms. The molecule has 1 aromatic rings. The molecule has 1 aliphatic heterocycles. The predicted octanol–water partition coefficient (Wildman–Crippen LogP) is 3.26. The van der Waals surface area contributed by atoms with Crippen molar-refractivity contribution in [3.8, 4) is 11.5 Å². The third-order valence-corrected chi connectivity index (χ3v) is 3.86. The van der Waals surface area contributed by atoms with E-state index in [0.717, 1.165) is 24.3 Å². The predicted molar refractivity (Wildman–Crippen MR) is 84.4 cm³/mol. The van der Waals surface area contributed by atoms with Gasteiger partial charge in [0.15, 0.2) is 11.5 Å². The number of hydrogen-bond acceptors (Lipinski definition) is 4. The molecular formula is C16H24ClNO3. The van der Waals surface area contributed by atoms with Crippen molar-refractivity contribution in [2.45, 2.75) is 32.9 Å². The molecule has 0 aromatic heterocycles. The number of hydrogen-bond donors (Lipinski definition) is 1. The van der Waals surface area contributed by atoms with Crippen LogP contribution in [0.25, 0.3) is 0 Å². The lowest BCUT2D eigenvalue weighted by Gasteiger charge is -2.22. The molecule has 1 N–H and O–H groups in total. The van der Waals surface area contributed by atoms with E-state index in [0.29, 0.717) is 42.6 Å². The smallest absolute Gasteiger partial charge is 0.179 e. The molecule has 0 saturated heterocycles. The highest BCUT2D eigenvalue weighted by Crippen LogP contribution is 2.37. The lowest BCUT2D eigenvalue weighted by molar-refractivity contribution is 0.146. The van der Waals surface area contributed by atoms with Crippen LogP contribution in [0.4, 0.5) is 0 Å². The van der Waals surface area contributed by atoms with E-state index in [-0.39, 0.29) is 0 Å². The number of halogens is 1. The van der Waals surface area contributed by atoms with Crippen molar-refractivity contribution in [2.75, 3.05) is 26.9 Å². The van der Waals surface area contributed by atoms with E-state index in [1.54, 1.807) is 7.11 Å². The molecule has 0 bridgehead atoms. The first-order valence-electron chi connectivity index (χ1n) is 7.42. The second-order valence-electron chi connectivity index (χ2n) is 5.64. The SMILES string of the molecule is COCC(NCc1cc(Cl)c2c(c1)OCCCO2)C(C)C. The van der Waals surface area contributed by atoms with Crippen molar-refractivity contribution in [1.29, 1.82) is 0 Å². The van der Waals surface area contributed by atoms with Crippen LogP contribution >= 0.6 is 11.6 Å². The number of rotatable bonds is 6. The first-order valence-corrected chi connectivity index (χ1v) is 7.80. The Hall–Kier alpha value is -0.970. The van der Waals surface area contributed by atoms with Crippen LogP contribution in [0.15, 0.2) is 12.1 Å². The number of fused-ring (bicyclic) bond motifs is 1. The van der Waals surface area contributed by atoms with E-state index in [9.17, 15) is 0 Å². The average Bonchev–Trinajstić information content (AvgIpc) is 2.68. The van der Waals surface area contributed by atoms with Gasteiger partial charge in [-0.15, -0.1) is 0 Å². The van der Waals surface area contributed by atoms with Crippen LogP contribution in [0.2, 0.25) is 5.02 Å². The van der Waals surface area contributed by atoms with Gasteiger partial charge in [-0.05, 0) is 23.6 Å². The maximum Gasteiger partial charge on any atom is 0.179 e. The van der Waals surface area contributed by atoms with Gasteiger partial charge in [0.25, 0.3) is 0 Å². The summed E-state index contributed by atoms with van der Waals surface area (Å²) in [6, 6.07) is 4.25. The third kappa shape index (κ3) is 4.50. The molecule has 1 unspecified atom stereocenters. The summed E-state index contributed by atoms with van der Waals surface area (Å²) in [5.41, 5.74) is 1.09. The summed E-state index contributed by atoms with van der Waals surface area (Å²) in [7, 11) is 1.72. The number of ether oxygens (including phenoxy) is 3. The van der Waals surface area contributed by atoms with Gasteiger partial charge in [-0.25, -0.2) is 0 Å². The van der Waals surface area contributed by atoms with Gasteiger partial charge in [0.1, 0.15) is 0 Å². The summed E-state index contributed by atoms with van der Waals surface area (Å²) in [6.45, 7) is 7.08. The van der Waals surface area contributed by atoms with Crippen molar-refractivity contribution in [2.24, 2.45) is 5.92 Å². The Labute approximate surface area is 131 Å². The fraction of sp³-hybridized carbons (Fsp3) is 0.625. The van der Waals surface area contributed by atoms with Crippen molar-refractivity contribution in [1.82, 2.24) is 5.32 Å². The summed E-state index contributed by atoms with van der Waals surface area (Å²) in [5, 5.41) is 4.12. The van der Waals surface area contributed by atoms with Gasteiger partial charge in [0, 0.05) is 26.1 Å². The van der Waals surface area contributed by atoms with Crippen LogP contribution < -0.4 is 14.8 Å². The van der Waals surface area contributed by atoms with Crippen LogP contribution in [0.1, 0.15) is 25.8 Å². The van der Waals surface area contributed by atoms with Crippen LogP contribution in [0.3, 0.4) is 0 Å². The quantitative estimate of drug-likeness (QED) is 0.875. The van der Waals surface area contributed by atoms with E-state index < -0.39 is 0 Å². The largest absolute Gasteiger partial charge is 0.489 e. The number of nitrogens with one attached hydrogen (secondary N) is 1. The minimum atomic E-state index is 0.310. The molecule has 1 atom stereocenters. The van der Waals surface area contributed by atoms with Gasteiger partial charge in [-0.2, -0.15) is 0 Å². The molecule has 0 saturated carbocycles. The highest BCUT2D eigenvalue weighted by atomic mass is 35.5. The molecule has 4 nitrogen and oxygen atoms in total. The summed E-state index contributed by atoms with van der Waals surface area (Å²) in [5.74, 6) is 1.90. The Bertz CT molecular complexity index is 465. The lowest BCUT2D eigenvalue weighted by Crippen LogP contribution is -2.37. The van der Waals surface area contributed by atoms with Gasteiger partial charge < -0.3 is 19.5 Å². The van der Waals surface area contributed by atoms with Crippen molar-refractivity contribution in [3.05, 3.63) is 22.7 Å². The topological polar surface area (TPSA) is 39.7 Å². The molecule has 5 heteroatoms. The highest BCUT2D eigenvalue weighted by molar-refractivity contribution is 6.32. The molecule has 0 aliphatic carbocycles.